The van der Waals surface area contributed by atoms with Gasteiger partial charge in [0.2, 0.25) is 5.95 Å². The van der Waals surface area contributed by atoms with Crippen LogP contribution in [0.2, 0.25) is 0 Å². The van der Waals surface area contributed by atoms with Crippen molar-refractivity contribution in [2.75, 3.05) is 43.5 Å². The standard InChI is InChI=1S/C25H25N7O2/c1-34-21-13-11-19(12-14-21)26-23-10-6-5-9-22(23)24(33)30-15-17-31(18-16-30)25-27-28-29-32(25)20-7-3-2-4-8-20/h2-14,26H,15-18H2,1H3. The van der Waals surface area contributed by atoms with Crippen molar-refractivity contribution in [1.82, 2.24) is 25.1 Å². The Morgan fingerprint density at radius 3 is 2.32 bits per heavy atom. The van der Waals surface area contributed by atoms with E-state index in [2.05, 4.69) is 25.7 Å². The molecule has 34 heavy (non-hydrogen) atoms. The molecule has 1 N–H and O–H groups in total. The van der Waals surface area contributed by atoms with Crippen LogP contribution in [0.3, 0.4) is 0 Å². The number of tetrazole rings is 1. The van der Waals surface area contributed by atoms with Crippen LogP contribution in [0.5, 0.6) is 5.75 Å². The van der Waals surface area contributed by atoms with Crippen LogP contribution < -0.4 is 15.0 Å². The monoisotopic (exact) mass is 455 g/mol. The average Bonchev–Trinajstić information content (AvgIpc) is 3.40. The largest absolute Gasteiger partial charge is 0.497 e. The van der Waals surface area contributed by atoms with Gasteiger partial charge in [-0.3, -0.25) is 4.79 Å². The predicted octanol–water partition coefficient (Wildman–Crippen LogP) is 3.38. The van der Waals surface area contributed by atoms with Crippen molar-refractivity contribution >= 4 is 23.2 Å². The Morgan fingerprint density at radius 2 is 1.59 bits per heavy atom. The van der Waals surface area contributed by atoms with Gasteiger partial charge in [-0.1, -0.05) is 35.4 Å². The van der Waals surface area contributed by atoms with Gasteiger partial charge in [-0.2, -0.15) is 4.68 Å². The molecule has 0 spiro atoms. The summed E-state index contributed by atoms with van der Waals surface area (Å²) >= 11 is 0. The van der Waals surface area contributed by atoms with Crippen LogP contribution in [0, 0.1) is 0 Å². The summed E-state index contributed by atoms with van der Waals surface area (Å²) in [4.78, 5) is 17.4. The molecule has 0 atom stereocenters. The molecule has 4 aromatic rings. The molecular weight excluding hydrogens is 430 g/mol. The van der Waals surface area contributed by atoms with Gasteiger partial charge in [0.1, 0.15) is 5.75 Å². The first-order valence-electron chi connectivity index (χ1n) is 11.1. The molecule has 0 unspecified atom stereocenters. The molecule has 0 radical (unpaired) electrons. The Hall–Kier alpha value is -4.40. The van der Waals surface area contributed by atoms with Crippen LogP contribution >= 0.6 is 0 Å². The number of anilines is 3. The van der Waals surface area contributed by atoms with Gasteiger partial charge in [0.15, 0.2) is 0 Å². The summed E-state index contributed by atoms with van der Waals surface area (Å²) in [5.41, 5.74) is 3.20. The molecule has 1 saturated heterocycles. The highest BCUT2D eigenvalue weighted by Gasteiger charge is 2.26. The van der Waals surface area contributed by atoms with Crippen molar-refractivity contribution in [3.8, 4) is 11.4 Å². The molecule has 0 aliphatic carbocycles. The molecule has 9 nitrogen and oxygen atoms in total. The molecule has 1 fully saturated rings. The van der Waals surface area contributed by atoms with E-state index in [0.717, 1.165) is 22.8 Å². The van der Waals surface area contributed by atoms with Gasteiger partial charge in [-0.05, 0) is 59.0 Å². The van der Waals surface area contributed by atoms with Crippen LogP contribution in [0.1, 0.15) is 10.4 Å². The third kappa shape index (κ3) is 4.40. The zero-order chi connectivity index (χ0) is 23.3. The Kier molecular flexibility index (Phi) is 6.07. The number of aromatic nitrogens is 4. The lowest BCUT2D eigenvalue weighted by Gasteiger charge is -2.35. The quantitative estimate of drug-likeness (QED) is 0.477. The topological polar surface area (TPSA) is 88.4 Å². The molecule has 1 aliphatic heterocycles. The third-order valence-electron chi connectivity index (χ3n) is 5.83. The lowest BCUT2D eigenvalue weighted by Crippen LogP contribution is -2.49. The van der Waals surface area contributed by atoms with Gasteiger partial charge in [-0.25, -0.2) is 0 Å². The fraction of sp³-hybridized carbons (Fsp3) is 0.200. The summed E-state index contributed by atoms with van der Waals surface area (Å²) in [6, 6.07) is 25.0. The summed E-state index contributed by atoms with van der Waals surface area (Å²) in [5, 5.41) is 15.6. The van der Waals surface area contributed by atoms with Crippen molar-refractivity contribution in [2.45, 2.75) is 0 Å². The highest BCUT2D eigenvalue weighted by Crippen LogP contribution is 2.25. The summed E-state index contributed by atoms with van der Waals surface area (Å²) in [6.07, 6.45) is 0. The number of amides is 1. The van der Waals surface area contributed by atoms with E-state index >= 15 is 0 Å². The van der Waals surface area contributed by atoms with E-state index in [0.29, 0.717) is 37.7 Å². The van der Waals surface area contributed by atoms with Crippen LogP contribution in [0.4, 0.5) is 17.3 Å². The number of carbonyl (C=O) groups excluding carboxylic acids is 1. The second kappa shape index (κ2) is 9.62. The normalized spacial score (nSPS) is 13.6. The maximum Gasteiger partial charge on any atom is 0.256 e. The van der Waals surface area contributed by atoms with Gasteiger partial charge in [0.25, 0.3) is 5.91 Å². The molecule has 1 aliphatic rings. The number of para-hydroxylation sites is 2. The number of benzene rings is 3. The molecule has 9 heteroatoms. The number of nitrogens with zero attached hydrogens (tertiary/aromatic N) is 6. The molecule has 3 aromatic carbocycles. The molecule has 172 valence electrons. The Balaban J connectivity index is 1.28. The fourth-order valence-corrected chi connectivity index (χ4v) is 4.00. The first kappa shape index (κ1) is 21.4. The van der Waals surface area contributed by atoms with Crippen molar-refractivity contribution < 1.29 is 9.53 Å². The minimum absolute atomic E-state index is 0.00101. The minimum atomic E-state index is -0.00101. The molecule has 1 amide bonds. The Morgan fingerprint density at radius 1 is 0.882 bits per heavy atom. The fourth-order valence-electron chi connectivity index (χ4n) is 4.00. The summed E-state index contributed by atoms with van der Waals surface area (Å²) in [6.45, 7) is 2.45. The number of methoxy groups -OCH3 is 1. The van der Waals surface area contributed by atoms with Crippen molar-refractivity contribution in [2.24, 2.45) is 0 Å². The van der Waals surface area contributed by atoms with Gasteiger partial charge >= 0.3 is 0 Å². The summed E-state index contributed by atoms with van der Waals surface area (Å²) in [5.74, 6) is 1.46. The van der Waals surface area contributed by atoms with E-state index in [4.69, 9.17) is 4.74 Å². The van der Waals surface area contributed by atoms with Crippen LogP contribution in [0.15, 0.2) is 78.9 Å². The number of carbonyl (C=O) groups is 1. The highest BCUT2D eigenvalue weighted by atomic mass is 16.5. The molecule has 1 aromatic heterocycles. The molecule has 0 saturated carbocycles. The highest BCUT2D eigenvalue weighted by molar-refractivity contribution is 6.00. The lowest BCUT2D eigenvalue weighted by atomic mass is 10.1. The Bertz CT molecular complexity index is 1250. The van der Waals surface area contributed by atoms with E-state index < -0.39 is 0 Å². The first-order chi connectivity index (χ1) is 16.7. The Labute approximate surface area is 197 Å². The van der Waals surface area contributed by atoms with E-state index in [1.807, 2.05) is 83.8 Å². The van der Waals surface area contributed by atoms with E-state index in [9.17, 15) is 4.79 Å². The molecular formula is C25H25N7O2. The smallest absolute Gasteiger partial charge is 0.256 e. The zero-order valence-corrected chi connectivity index (χ0v) is 18.8. The number of piperazine rings is 1. The van der Waals surface area contributed by atoms with Gasteiger partial charge in [0.05, 0.1) is 24.0 Å². The number of hydrogen-bond acceptors (Lipinski definition) is 7. The zero-order valence-electron chi connectivity index (χ0n) is 18.8. The van der Waals surface area contributed by atoms with Crippen molar-refractivity contribution in [3.63, 3.8) is 0 Å². The summed E-state index contributed by atoms with van der Waals surface area (Å²) < 4.78 is 6.95. The minimum Gasteiger partial charge on any atom is -0.497 e. The molecule has 0 bridgehead atoms. The van der Waals surface area contributed by atoms with Crippen molar-refractivity contribution in [1.29, 1.82) is 0 Å². The maximum atomic E-state index is 13.4. The van der Waals surface area contributed by atoms with Crippen molar-refractivity contribution in [3.05, 3.63) is 84.4 Å². The van der Waals surface area contributed by atoms with E-state index in [1.165, 1.54) is 0 Å². The maximum absolute atomic E-state index is 13.4. The lowest BCUT2D eigenvalue weighted by molar-refractivity contribution is 0.0747. The SMILES string of the molecule is COc1ccc(Nc2ccccc2C(=O)N2CCN(c3nnnn3-c3ccccc3)CC2)cc1. The molecule has 2 heterocycles. The third-order valence-corrected chi connectivity index (χ3v) is 5.83. The van der Waals surface area contributed by atoms with E-state index in [-0.39, 0.29) is 5.91 Å². The van der Waals surface area contributed by atoms with Gasteiger partial charge in [-0.15, -0.1) is 0 Å². The number of nitrogens with one attached hydrogen (secondary N) is 1. The summed E-state index contributed by atoms with van der Waals surface area (Å²) in [7, 11) is 1.64. The average molecular weight is 456 g/mol. The van der Waals surface area contributed by atoms with Crippen LogP contribution in [-0.2, 0) is 0 Å². The number of rotatable bonds is 6. The van der Waals surface area contributed by atoms with Gasteiger partial charge < -0.3 is 19.9 Å². The molecule has 5 rings (SSSR count). The van der Waals surface area contributed by atoms with Gasteiger partial charge in [0, 0.05) is 31.9 Å². The number of hydrogen-bond donors (Lipinski definition) is 1. The van der Waals surface area contributed by atoms with Crippen LogP contribution in [0.25, 0.3) is 5.69 Å². The second-order valence-corrected chi connectivity index (χ2v) is 7.90. The second-order valence-electron chi connectivity index (χ2n) is 7.90. The number of ether oxygens (including phenoxy) is 1. The first-order valence-corrected chi connectivity index (χ1v) is 11.1. The predicted molar refractivity (Wildman–Crippen MR) is 130 cm³/mol. The van der Waals surface area contributed by atoms with Crippen LogP contribution in [-0.4, -0.2) is 64.3 Å². The van der Waals surface area contributed by atoms with E-state index in [1.54, 1.807) is 11.8 Å².